The number of hydrogen-bond acceptors (Lipinski definition) is 4. The molecule has 0 unspecified atom stereocenters. The van der Waals surface area contributed by atoms with Crippen LogP contribution in [-0.4, -0.2) is 73.9 Å². The average molecular weight is 378 g/mol. The molecule has 6 heteroatoms. The Morgan fingerprint density at radius 3 is 2.19 bits per heavy atom. The Bertz CT molecular complexity index is 697. The summed E-state index contributed by atoms with van der Waals surface area (Å²) in [6, 6.07) is 10.0. The van der Waals surface area contributed by atoms with Crippen LogP contribution in [0.5, 0.6) is 0 Å². The molecule has 1 aliphatic carbocycles. The predicted octanol–water partition coefficient (Wildman–Crippen LogP) is 2.40. The van der Waals surface area contributed by atoms with E-state index in [1.165, 1.54) is 19.4 Å². The molecule has 0 aromatic heterocycles. The summed E-state index contributed by atoms with van der Waals surface area (Å²) in [6.45, 7) is 4.38. The first kappa shape index (κ1) is 18.4. The lowest BCUT2D eigenvalue weighted by atomic mass is 10.0. The molecule has 4 rings (SSSR count). The first-order valence-corrected chi connectivity index (χ1v) is 11.5. The molecule has 2 aliphatic heterocycles. The molecule has 0 spiro atoms. The van der Waals surface area contributed by atoms with Gasteiger partial charge in [0.2, 0.25) is 10.0 Å². The van der Waals surface area contributed by atoms with E-state index in [9.17, 15) is 8.42 Å². The highest BCUT2D eigenvalue weighted by atomic mass is 32.2. The van der Waals surface area contributed by atoms with Gasteiger partial charge in [0.1, 0.15) is 0 Å². The minimum Gasteiger partial charge on any atom is -0.302 e. The molecule has 0 bridgehead atoms. The fourth-order valence-electron chi connectivity index (χ4n) is 4.60. The molecule has 1 aromatic carbocycles. The summed E-state index contributed by atoms with van der Waals surface area (Å²) in [7, 11) is -1.15. The number of likely N-dealkylation sites (tertiary alicyclic amines) is 2. The van der Waals surface area contributed by atoms with Gasteiger partial charge in [-0.25, -0.2) is 8.42 Å². The molecule has 2 heterocycles. The molecule has 0 amide bonds. The normalized spacial score (nSPS) is 26.6. The van der Waals surface area contributed by atoms with Crippen LogP contribution in [-0.2, 0) is 10.0 Å². The van der Waals surface area contributed by atoms with Crippen molar-refractivity contribution >= 4 is 10.0 Å². The standard InChI is InChI=1S/C20H31N3O2S/c1-21-13-5-6-19(21)16-22-14-11-18(12-15-22)23(17-9-10-17)26(24,25)20-7-3-2-4-8-20/h2-4,7-8,17-19H,5-6,9-16H2,1H3/t19-/m0/s1. The fourth-order valence-corrected chi connectivity index (χ4v) is 6.55. The molecular weight excluding hydrogens is 346 g/mol. The van der Waals surface area contributed by atoms with Gasteiger partial charge in [-0.3, -0.25) is 0 Å². The Morgan fingerprint density at radius 1 is 0.962 bits per heavy atom. The highest BCUT2D eigenvalue weighted by molar-refractivity contribution is 7.89. The minimum atomic E-state index is -3.38. The van der Waals surface area contributed by atoms with Gasteiger partial charge in [-0.2, -0.15) is 4.31 Å². The van der Waals surface area contributed by atoms with Gasteiger partial charge in [0.25, 0.3) is 0 Å². The van der Waals surface area contributed by atoms with Crippen LogP contribution in [0.1, 0.15) is 38.5 Å². The van der Waals surface area contributed by atoms with Crippen molar-refractivity contribution in [1.82, 2.24) is 14.1 Å². The molecule has 5 nitrogen and oxygen atoms in total. The van der Waals surface area contributed by atoms with Crippen molar-refractivity contribution in [1.29, 1.82) is 0 Å². The van der Waals surface area contributed by atoms with Crippen molar-refractivity contribution < 1.29 is 8.42 Å². The van der Waals surface area contributed by atoms with Crippen LogP contribution in [0, 0.1) is 0 Å². The van der Waals surface area contributed by atoms with Gasteiger partial charge in [0.15, 0.2) is 0 Å². The third kappa shape index (κ3) is 3.84. The quantitative estimate of drug-likeness (QED) is 0.764. The van der Waals surface area contributed by atoms with Gasteiger partial charge in [0.05, 0.1) is 4.90 Å². The van der Waals surface area contributed by atoms with Gasteiger partial charge < -0.3 is 9.80 Å². The Morgan fingerprint density at radius 2 is 1.62 bits per heavy atom. The Labute approximate surface area is 158 Å². The molecule has 3 aliphatic rings. The second kappa shape index (κ2) is 7.58. The SMILES string of the molecule is CN1CCC[C@H]1CN1CCC(N(C2CC2)S(=O)(=O)c2ccccc2)CC1. The van der Waals surface area contributed by atoms with Crippen LogP contribution in [0.2, 0.25) is 0 Å². The third-order valence-electron chi connectivity index (χ3n) is 6.28. The first-order valence-electron chi connectivity index (χ1n) is 10.1. The lowest BCUT2D eigenvalue weighted by molar-refractivity contribution is 0.128. The van der Waals surface area contributed by atoms with Gasteiger partial charge in [-0.1, -0.05) is 18.2 Å². The molecule has 0 N–H and O–H groups in total. The van der Waals surface area contributed by atoms with Crippen molar-refractivity contribution in [2.75, 3.05) is 33.2 Å². The number of sulfonamides is 1. The zero-order chi connectivity index (χ0) is 18.1. The summed E-state index contributed by atoms with van der Waals surface area (Å²) in [6.07, 6.45) is 6.55. The number of rotatable bonds is 6. The van der Waals surface area contributed by atoms with Crippen molar-refractivity contribution in [2.45, 2.75) is 61.5 Å². The minimum absolute atomic E-state index is 0.158. The maximum atomic E-state index is 13.2. The highest BCUT2D eigenvalue weighted by Crippen LogP contribution is 2.36. The lowest BCUT2D eigenvalue weighted by Crippen LogP contribution is -2.50. The average Bonchev–Trinajstić information content (AvgIpc) is 3.40. The maximum Gasteiger partial charge on any atom is 0.243 e. The van der Waals surface area contributed by atoms with E-state index in [2.05, 4.69) is 16.8 Å². The molecule has 0 radical (unpaired) electrons. The second-order valence-corrected chi connectivity index (χ2v) is 10.0. The number of piperidine rings is 1. The van der Waals surface area contributed by atoms with E-state index in [0.717, 1.165) is 45.3 Å². The van der Waals surface area contributed by atoms with E-state index >= 15 is 0 Å². The molecular formula is C20H31N3O2S. The van der Waals surface area contributed by atoms with Crippen LogP contribution in [0.15, 0.2) is 35.2 Å². The highest BCUT2D eigenvalue weighted by Gasteiger charge is 2.43. The van der Waals surface area contributed by atoms with E-state index in [0.29, 0.717) is 10.9 Å². The Hall–Kier alpha value is -0.950. The van der Waals surface area contributed by atoms with Crippen LogP contribution >= 0.6 is 0 Å². The molecule has 1 saturated carbocycles. The van der Waals surface area contributed by atoms with E-state index < -0.39 is 10.0 Å². The molecule has 26 heavy (non-hydrogen) atoms. The summed E-state index contributed by atoms with van der Waals surface area (Å²) in [5.74, 6) is 0. The summed E-state index contributed by atoms with van der Waals surface area (Å²) in [5, 5.41) is 0. The molecule has 2 saturated heterocycles. The molecule has 1 aromatic rings. The monoisotopic (exact) mass is 377 g/mol. The number of likely N-dealkylation sites (N-methyl/N-ethyl adjacent to an activating group) is 1. The van der Waals surface area contributed by atoms with Gasteiger partial charge >= 0.3 is 0 Å². The smallest absolute Gasteiger partial charge is 0.243 e. The van der Waals surface area contributed by atoms with Crippen molar-refractivity contribution in [2.24, 2.45) is 0 Å². The van der Waals surface area contributed by atoms with Crippen LogP contribution in [0.4, 0.5) is 0 Å². The summed E-state index contributed by atoms with van der Waals surface area (Å²) in [5.41, 5.74) is 0. The maximum absolute atomic E-state index is 13.2. The van der Waals surface area contributed by atoms with E-state index in [1.54, 1.807) is 12.1 Å². The van der Waals surface area contributed by atoms with Crippen molar-refractivity contribution in [3.8, 4) is 0 Å². The third-order valence-corrected chi connectivity index (χ3v) is 8.30. The molecule has 1 atom stereocenters. The van der Waals surface area contributed by atoms with E-state index in [4.69, 9.17) is 0 Å². The molecule has 144 valence electrons. The topological polar surface area (TPSA) is 43.9 Å². The van der Waals surface area contributed by atoms with E-state index in [1.807, 2.05) is 22.5 Å². The largest absolute Gasteiger partial charge is 0.302 e. The number of nitrogens with zero attached hydrogens (tertiary/aromatic N) is 3. The van der Waals surface area contributed by atoms with Crippen molar-refractivity contribution in [3.63, 3.8) is 0 Å². The first-order chi connectivity index (χ1) is 12.6. The summed E-state index contributed by atoms with van der Waals surface area (Å²) >= 11 is 0. The van der Waals surface area contributed by atoms with Crippen LogP contribution in [0.25, 0.3) is 0 Å². The zero-order valence-electron chi connectivity index (χ0n) is 15.8. The zero-order valence-corrected chi connectivity index (χ0v) is 16.6. The number of hydrogen-bond donors (Lipinski definition) is 0. The van der Waals surface area contributed by atoms with E-state index in [-0.39, 0.29) is 12.1 Å². The number of benzene rings is 1. The Kier molecular flexibility index (Phi) is 5.37. The second-order valence-electron chi connectivity index (χ2n) is 8.19. The van der Waals surface area contributed by atoms with Gasteiger partial charge in [-0.15, -0.1) is 0 Å². The van der Waals surface area contributed by atoms with Gasteiger partial charge in [0, 0.05) is 24.7 Å². The molecule has 3 fully saturated rings. The summed E-state index contributed by atoms with van der Waals surface area (Å²) in [4.78, 5) is 5.47. The van der Waals surface area contributed by atoms with Gasteiger partial charge in [-0.05, 0) is 77.3 Å². The lowest BCUT2D eigenvalue weighted by Gasteiger charge is -2.39. The predicted molar refractivity (Wildman–Crippen MR) is 104 cm³/mol. The fraction of sp³-hybridized carbons (Fsp3) is 0.700. The summed E-state index contributed by atoms with van der Waals surface area (Å²) < 4.78 is 28.3. The Balaban J connectivity index is 1.41. The van der Waals surface area contributed by atoms with Crippen LogP contribution < -0.4 is 0 Å². The van der Waals surface area contributed by atoms with Crippen molar-refractivity contribution in [3.05, 3.63) is 30.3 Å². The van der Waals surface area contributed by atoms with Crippen LogP contribution in [0.3, 0.4) is 0 Å².